The van der Waals surface area contributed by atoms with Gasteiger partial charge in [-0.05, 0) is 67.3 Å². The number of rotatable bonds is 6. The molecule has 7 nitrogen and oxygen atoms in total. The van der Waals surface area contributed by atoms with Gasteiger partial charge in [0.1, 0.15) is 11.5 Å². The van der Waals surface area contributed by atoms with Gasteiger partial charge in [0.15, 0.2) is 0 Å². The van der Waals surface area contributed by atoms with Gasteiger partial charge in [0.25, 0.3) is 5.91 Å². The summed E-state index contributed by atoms with van der Waals surface area (Å²) in [6.07, 6.45) is 3.12. The number of amides is 1. The molecular weight excluding hydrogens is 428 g/mol. The Kier molecular flexibility index (Phi) is 7.05. The third-order valence-electron chi connectivity index (χ3n) is 5.92. The van der Waals surface area contributed by atoms with E-state index < -0.39 is 0 Å². The SMILES string of the molecule is CCC1CCN(C(=O)c2cc(Oc3ccc(C#N)cc3)nc(Oc3ccc(C#N)cc3)c2)CC1. The van der Waals surface area contributed by atoms with Gasteiger partial charge in [-0.2, -0.15) is 15.5 Å². The molecule has 0 radical (unpaired) electrons. The van der Waals surface area contributed by atoms with Crippen LogP contribution < -0.4 is 9.47 Å². The van der Waals surface area contributed by atoms with Crippen LogP contribution in [0.5, 0.6) is 23.3 Å². The van der Waals surface area contributed by atoms with E-state index in [0.29, 0.717) is 34.1 Å². The lowest BCUT2D eigenvalue weighted by Gasteiger charge is -2.31. The summed E-state index contributed by atoms with van der Waals surface area (Å²) < 4.78 is 11.8. The molecule has 0 N–H and O–H groups in total. The molecule has 0 unspecified atom stereocenters. The molecule has 0 atom stereocenters. The summed E-state index contributed by atoms with van der Waals surface area (Å²) in [7, 11) is 0. The van der Waals surface area contributed by atoms with Crippen LogP contribution in [0, 0.1) is 28.6 Å². The summed E-state index contributed by atoms with van der Waals surface area (Å²) >= 11 is 0. The minimum Gasteiger partial charge on any atom is -0.439 e. The third-order valence-corrected chi connectivity index (χ3v) is 5.92. The molecule has 2 heterocycles. The van der Waals surface area contributed by atoms with Gasteiger partial charge in [-0.3, -0.25) is 4.79 Å². The number of ether oxygens (including phenoxy) is 2. The number of piperidine rings is 1. The molecule has 170 valence electrons. The monoisotopic (exact) mass is 452 g/mol. The van der Waals surface area contributed by atoms with E-state index in [4.69, 9.17) is 20.0 Å². The first kappa shape index (κ1) is 22.8. The molecular formula is C27H24N4O3. The number of pyridine rings is 1. The Balaban J connectivity index is 1.61. The summed E-state index contributed by atoms with van der Waals surface area (Å²) in [5.41, 5.74) is 1.46. The molecule has 1 aliphatic rings. The molecule has 1 aliphatic heterocycles. The van der Waals surface area contributed by atoms with Crippen molar-refractivity contribution in [3.63, 3.8) is 0 Å². The first-order valence-electron chi connectivity index (χ1n) is 11.3. The quantitative estimate of drug-likeness (QED) is 0.478. The number of hydrogen-bond donors (Lipinski definition) is 0. The molecule has 0 aliphatic carbocycles. The standard InChI is InChI=1S/C27H24N4O3/c1-2-19-11-13-31(14-12-19)27(32)22-15-25(33-23-7-3-20(17-28)4-8-23)30-26(16-22)34-24-9-5-21(18-29)6-10-24/h3-10,15-16,19H,2,11-14H2,1H3. The van der Waals surface area contributed by atoms with Crippen LogP contribution >= 0.6 is 0 Å². The molecule has 0 spiro atoms. The van der Waals surface area contributed by atoms with Crippen molar-refractivity contribution in [2.24, 2.45) is 5.92 Å². The summed E-state index contributed by atoms with van der Waals surface area (Å²) in [5, 5.41) is 18.0. The van der Waals surface area contributed by atoms with Crippen molar-refractivity contribution in [1.29, 1.82) is 10.5 Å². The van der Waals surface area contributed by atoms with Crippen LogP contribution in [0.15, 0.2) is 60.7 Å². The van der Waals surface area contributed by atoms with E-state index in [-0.39, 0.29) is 17.7 Å². The maximum absolute atomic E-state index is 13.3. The largest absolute Gasteiger partial charge is 0.439 e. The van der Waals surface area contributed by atoms with Gasteiger partial charge in [0.2, 0.25) is 11.8 Å². The highest BCUT2D eigenvalue weighted by molar-refractivity contribution is 5.95. The molecule has 2 aromatic carbocycles. The van der Waals surface area contributed by atoms with E-state index in [1.807, 2.05) is 4.90 Å². The zero-order valence-corrected chi connectivity index (χ0v) is 18.9. The van der Waals surface area contributed by atoms with E-state index in [2.05, 4.69) is 24.0 Å². The Morgan fingerprint density at radius 2 is 1.38 bits per heavy atom. The Labute approximate surface area is 198 Å². The van der Waals surface area contributed by atoms with Gasteiger partial charge in [-0.15, -0.1) is 0 Å². The van der Waals surface area contributed by atoms with Crippen molar-refractivity contribution in [3.8, 4) is 35.4 Å². The maximum atomic E-state index is 13.3. The third kappa shape index (κ3) is 5.51. The minimum atomic E-state index is -0.0914. The van der Waals surface area contributed by atoms with Crippen molar-refractivity contribution < 1.29 is 14.3 Å². The van der Waals surface area contributed by atoms with Crippen LogP contribution in [0.1, 0.15) is 47.7 Å². The van der Waals surface area contributed by atoms with Gasteiger partial charge in [0, 0.05) is 25.2 Å². The number of carbonyl (C=O) groups excluding carboxylic acids is 1. The number of hydrogen-bond acceptors (Lipinski definition) is 6. The van der Waals surface area contributed by atoms with Crippen LogP contribution in [0.2, 0.25) is 0 Å². The van der Waals surface area contributed by atoms with Crippen molar-refractivity contribution >= 4 is 5.91 Å². The zero-order valence-electron chi connectivity index (χ0n) is 18.9. The zero-order chi connectivity index (χ0) is 23.9. The van der Waals surface area contributed by atoms with Gasteiger partial charge in [-0.1, -0.05) is 13.3 Å². The van der Waals surface area contributed by atoms with Gasteiger partial charge in [-0.25, -0.2) is 0 Å². The van der Waals surface area contributed by atoms with Crippen LogP contribution in [0.3, 0.4) is 0 Å². The highest BCUT2D eigenvalue weighted by Gasteiger charge is 2.24. The number of likely N-dealkylation sites (tertiary alicyclic amines) is 1. The van der Waals surface area contributed by atoms with Crippen LogP contribution in [0.25, 0.3) is 0 Å². The lowest BCUT2D eigenvalue weighted by Crippen LogP contribution is -2.38. The fraction of sp³-hybridized carbons (Fsp3) is 0.259. The van der Waals surface area contributed by atoms with Crippen molar-refractivity contribution in [1.82, 2.24) is 9.88 Å². The molecule has 7 heteroatoms. The van der Waals surface area contributed by atoms with Gasteiger partial charge >= 0.3 is 0 Å². The normalized spacial score (nSPS) is 13.6. The second-order valence-corrected chi connectivity index (χ2v) is 8.15. The first-order valence-corrected chi connectivity index (χ1v) is 11.3. The molecule has 0 saturated carbocycles. The highest BCUT2D eigenvalue weighted by atomic mass is 16.5. The van der Waals surface area contributed by atoms with Crippen molar-refractivity contribution in [2.45, 2.75) is 26.2 Å². The van der Waals surface area contributed by atoms with E-state index in [1.54, 1.807) is 60.7 Å². The second kappa shape index (κ2) is 10.5. The second-order valence-electron chi connectivity index (χ2n) is 8.15. The van der Waals surface area contributed by atoms with Crippen molar-refractivity contribution in [2.75, 3.05) is 13.1 Å². The molecule has 1 amide bonds. The molecule has 3 aromatic rings. The predicted molar refractivity (Wildman–Crippen MR) is 126 cm³/mol. The van der Waals surface area contributed by atoms with E-state index in [1.165, 1.54) is 0 Å². The van der Waals surface area contributed by atoms with Crippen LogP contribution in [-0.4, -0.2) is 28.9 Å². The molecule has 1 fully saturated rings. The summed E-state index contributed by atoms with van der Waals surface area (Å²) in [6.45, 7) is 3.62. The Morgan fingerprint density at radius 1 is 0.912 bits per heavy atom. The summed E-state index contributed by atoms with van der Waals surface area (Å²) in [4.78, 5) is 19.6. The van der Waals surface area contributed by atoms with E-state index in [0.717, 1.165) is 32.4 Å². The number of nitriles is 2. The average Bonchev–Trinajstić information content (AvgIpc) is 2.89. The lowest BCUT2D eigenvalue weighted by atomic mass is 9.94. The lowest BCUT2D eigenvalue weighted by molar-refractivity contribution is 0.0688. The first-order chi connectivity index (χ1) is 16.6. The number of carbonyl (C=O) groups is 1. The maximum Gasteiger partial charge on any atom is 0.254 e. The summed E-state index contributed by atoms with van der Waals surface area (Å²) in [6, 6.07) is 20.6. The summed E-state index contributed by atoms with van der Waals surface area (Å²) in [5.74, 6) is 1.97. The smallest absolute Gasteiger partial charge is 0.254 e. The van der Waals surface area contributed by atoms with Crippen LogP contribution in [-0.2, 0) is 0 Å². The molecule has 1 aromatic heterocycles. The average molecular weight is 453 g/mol. The number of benzene rings is 2. The predicted octanol–water partition coefficient (Wildman–Crippen LogP) is 5.67. The number of aromatic nitrogens is 1. The molecule has 0 bridgehead atoms. The van der Waals surface area contributed by atoms with Crippen molar-refractivity contribution in [3.05, 3.63) is 77.4 Å². The number of nitrogens with zero attached hydrogens (tertiary/aromatic N) is 4. The van der Waals surface area contributed by atoms with Gasteiger partial charge < -0.3 is 14.4 Å². The molecule has 1 saturated heterocycles. The Morgan fingerprint density at radius 3 is 1.79 bits per heavy atom. The Bertz CT molecular complexity index is 1160. The minimum absolute atomic E-state index is 0.0914. The van der Waals surface area contributed by atoms with Gasteiger partial charge in [0.05, 0.1) is 28.8 Å². The highest BCUT2D eigenvalue weighted by Crippen LogP contribution is 2.29. The van der Waals surface area contributed by atoms with Crippen LogP contribution in [0.4, 0.5) is 0 Å². The van der Waals surface area contributed by atoms with E-state index in [9.17, 15) is 4.79 Å². The topological polar surface area (TPSA) is 99.2 Å². The Hall–Kier alpha value is -4.36. The van der Waals surface area contributed by atoms with E-state index >= 15 is 0 Å². The molecule has 34 heavy (non-hydrogen) atoms. The molecule has 4 rings (SSSR count). The fourth-order valence-electron chi connectivity index (χ4n) is 3.87. The fourth-order valence-corrected chi connectivity index (χ4v) is 3.87.